The van der Waals surface area contributed by atoms with Crippen molar-refractivity contribution in [3.05, 3.63) is 208 Å². The van der Waals surface area contributed by atoms with Crippen LogP contribution in [-0.4, -0.2) is 32.8 Å². The van der Waals surface area contributed by atoms with Crippen LogP contribution in [0.25, 0.3) is 33.9 Å². The molecule has 0 spiro atoms. The van der Waals surface area contributed by atoms with Gasteiger partial charge in [0.25, 0.3) is 0 Å². The van der Waals surface area contributed by atoms with Gasteiger partial charge in [0.1, 0.15) is 36.3 Å². The Bertz CT molecular complexity index is 3190. The number of carbonyl (C=O) groups is 2. The number of rotatable bonds is 13. The highest BCUT2D eigenvalue weighted by molar-refractivity contribution is 9.10. The number of hydrogen-bond donors (Lipinski definition) is 1. The highest BCUT2D eigenvalue weighted by Gasteiger charge is 2.20. The third kappa shape index (κ3) is 11.6. The van der Waals surface area contributed by atoms with Crippen LogP contribution in [0.5, 0.6) is 11.5 Å². The minimum atomic E-state index is -0.998. The number of halogens is 8. The Morgan fingerprint density at radius 2 is 1.01 bits per heavy atom. The predicted molar refractivity (Wildman–Crippen MR) is 272 cm³/mol. The summed E-state index contributed by atoms with van der Waals surface area (Å²) in [6.45, 7) is 6.09. The number of aromatic nitrogens is 2. The molecule has 0 amide bonds. The highest BCUT2D eigenvalue weighted by atomic mass is 79.9. The van der Waals surface area contributed by atoms with E-state index in [1.807, 2.05) is 95.8 Å². The SMILES string of the molecule is CCOC(=O)c1cccc(-n2c(C)ccc2-c2cc(Br)ccc2OCc2cc(F)c(Cl)cc2Cl)c1.Cc1ccc(-c2cc(Br)ccc2OCc2cc(F)c(Cl)cc2Cl)n1-c1cccc(C(=O)O)c1. The third-order valence-electron chi connectivity index (χ3n) is 10.5. The topological polar surface area (TPSA) is 91.9 Å². The van der Waals surface area contributed by atoms with E-state index in [2.05, 4.69) is 31.9 Å². The average molecular weight is 1130 g/mol. The number of carbonyl (C=O) groups excluding carboxylic acids is 1. The molecule has 0 unspecified atom stereocenters. The Morgan fingerprint density at radius 3 is 1.46 bits per heavy atom. The number of esters is 1. The van der Waals surface area contributed by atoms with E-state index in [0.717, 1.165) is 48.5 Å². The second-order valence-electron chi connectivity index (χ2n) is 15.1. The van der Waals surface area contributed by atoms with Gasteiger partial charge in [-0.15, -0.1) is 0 Å². The minimum Gasteiger partial charge on any atom is -0.488 e. The van der Waals surface area contributed by atoms with E-state index in [1.165, 1.54) is 24.3 Å². The molecule has 0 saturated heterocycles. The highest BCUT2D eigenvalue weighted by Crippen LogP contribution is 2.39. The van der Waals surface area contributed by atoms with Crippen LogP contribution in [0.3, 0.4) is 0 Å². The molecule has 68 heavy (non-hydrogen) atoms. The second kappa shape index (κ2) is 22.2. The summed E-state index contributed by atoms with van der Waals surface area (Å²) in [7, 11) is 0. The Kier molecular flexibility index (Phi) is 16.4. The van der Waals surface area contributed by atoms with Crippen molar-refractivity contribution in [3.63, 3.8) is 0 Å². The Balaban J connectivity index is 0.000000202. The molecule has 8 aromatic rings. The van der Waals surface area contributed by atoms with Crippen LogP contribution in [-0.2, 0) is 18.0 Å². The molecular weight excluding hydrogens is 1090 g/mol. The number of aryl methyl sites for hydroxylation is 2. The maximum Gasteiger partial charge on any atom is 0.338 e. The summed E-state index contributed by atoms with van der Waals surface area (Å²) in [5.74, 6) is -1.37. The van der Waals surface area contributed by atoms with Gasteiger partial charge in [0.2, 0.25) is 0 Å². The Labute approximate surface area is 427 Å². The van der Waals surface area contributed by atoms with Gasteiger partial charge in [-0.3, -0.25) is 0 Å². The summed E-state index contributed by atoms with van der Waals surface area (Å²) in [5.41, 5.74) is 8.24. The molecule has 8 rings (SSSR count). The average Bonchev–Trinajstić information content (AvgIpc) is 3.90. The van der Waals surface area contributed by atoms with E-state index in [4.69, 9.17) is 60.6 Å². The predicted octanol–water partition coefficient (Wildman–Crippen LogP) is 16.4. The van der Waals surface area contributed by atoms with E-state index >= 15 is 0 Å². The van der Waals surface area contributed by atoms with Gasteiger partial charge in [0.15, 0.2) is 0 Å². The number of ether oxygens (including phenoxy) is 3. The first-order chi connectivity index (χ1) is 32.5. The van der Waals surface area contributed by atoms with Crippen molar-refractivity contribution in [2.75, 3.05) is 6.61 Å². The van der Waals surface area contributed by atoms with Crippen LogP contribution in [0.1, 0.15) is 50.2 Å². The fourth-order valence-corrected chi connectivity index (χ4v) is 8.86. The maximum absolute atomic E-state index is 14.0. The zero-order valence-corrected chi connectivity index (χ0v) is 42.4. The van der Waals surface area contributed by atoms with E-state index < -0.39 is 17.6 Å². The number of carboxylic acids is 1. The van der Waals surface area contributed by atoms with Crippen molar-refractivity contribution in [2.45, 2.75) is 34.0 Å². The van der Waals surface area contributed by atoms with Gasteiger partial charge in [-0.2, -0.15) is 0 Å². The third-order valence-corrected chi connectivity index (χ3v) is 12.8. The van der Waals surface area contributed by atoms with Crippen molar-refractivity contribution in [1.82, 2.24) is 9.13 Å². The summed E-state index contributed by atoms with van der Waals surface area (Å²) in [5, 5.41) is 9.94. The van der Waals surface area contributed by atoms with Gasteiger partial charge in [-0.05, 0) is 142 Å². The van der Waals surface area contributed by atoms with E-state index in [0.29, 0.717) is 50.5 Å². The molecule has 8 nitrogen and oxygen atoms in total. The molecule has 0 radical (unpaired) electrons. The summed E-state index contributed by atoms with van der Waals surface area (Å²) in [6, 6.07) is 38.3. The van der Waals surface area contributed by atoms with Crippen molar-refractivity contribution in [3.8, 4) is 45.4 Å². The van der Waals surface area contributed by atoms with E-state index in [9.17, 15) is 23.5 Å². The molecule has 348 valence electrons. The van der Waals surface area contributed by atoms with Crippen molar-refractivity contribution in [1.29, 1.82) is 0 Å². The fraction of sp³-hybridized carbons (Fsp3) is 0.115. The molecule has 2 heterocycles. The lowest BCUT2D eigenvalue weighted by Gasteiger charge is -2.17. The fourth-order valence-electron chi connectivity index (χ4n) is 7.26. The molecule has 1 N–H and O–H groups in total. The van der Waals surface area contributed by atoms with Crippen LogP contribution in [0.2, 0.25) is 20.1 Å². The van der Waals surface area contributed by atoms with Crippen LogP contribution in [0.15, 0.2) is 142 Å². The van der Waals surface area contributed by atoms with Gasteiger partial charge in [0.05, 0.1) is 39.2 Å². The van der Waals surface area contributed by atoms with Crippen LogP contribution in [0.4, 0.5) is 8.78 Å². The van der Waals surface area contributed by atoms with Gasteiger partial charge >= 0.3 is 11.9 Å². The largest absolute Gasteiger partial charge is 0.488 e. The summed E-state index contributed by atoms with van der Waals surface area (Å²) in [4.78, 5) is 23.8. The first-order valence-electron chi connectivity index (χ1n) is 20.6. The lowest BCUT2D eigenvalue weighted by atomic mass is 10.1. The van der Waals surface area contributed by atoms with Gasteiger partial charge < -0.3 is 28.5 Å². The molecule has 2 aromatic heterocycles. The Morgan fingerprint density at radius 1 is 0.574 bits per heavy atom. The minimum absolute atomic E-state index is 0.0374. The maximum atomic E-state index is 14.0. The van der Waals surface area contributed by atoms with E-state index in [-0.39, 0.29) is 34.8 Å². The molecule has 0 saturated carbocycles. The normalized spacial score (nSPS) is 10.9. The number of carboxylic acid groups (broad SMARTS) is 1. The molecule has 0 aliphatic carbocycles. The lowest BCUT2D eigenvalue weighted by molar-refractivity contribution is 0.0525. The molecule has 0 aliphatic heterocycles. The number of nitrogens with zero attached hydrogens (tertiary/aromatic N) is 2. The van der Waals surface area contributed by atoms with Crippen LogP contribution in [0, 0.1) is 25.5 Å². The second-order valence-corrected chi connectivity index (χ2v) is 18.6. The first-order valence-corrected chi connectivity index (χ1v) is 23.7. The number of benzene rings is 6. The lowest BCUT2D eigenvalue weighted by Crippen LogP contribution is -2.07. The van der Waals surface area contributed by atoms with Crippen LogP contribution >= 0.6 is 78.3 Å². The van der Waals surface area contributed by atoms with Gasteiger partial charge in [-0.1, -0.05) is 90.4 Å². The smallest absolute Gasteiger partial charge is 0.338 e. The molecule has 16 heteroatoms. The molecule has 0 aliphatic rings. The first kappa shape index (κ1) is 50.3. The molecular formula is C52H38Br2Cl4F2N2O6. The van der Waals surface area contributed by atoms with Gasteiger partial charge in [0, 0.05) is 64.0 Å². The van der Waals surface area contributed by atoms with E-state index in [1.54, 1.807) is 43.3 Å². The summed E-state index contributed by atoms with van der Waals surface area (Å²) in [6.07, 6.45) is 0. The zero-order valence-electron chi connectivity index (χ0n) is 36.2. The van der Waals surface area contributed by atoms with Gasteiger partial charge in [-0.25, -0.2) is 18.4 Å². The molecule has 0 fully saturated rings. The standard InChI is InChI=1S/C27H21BrCl2FNO3.C25H17BrCl2FNO3/c1-3-34-27(33)17-5-4-6-20(11-17)32-16(2)7-9-25(32)21-13-19(28)8-10-26(21)35-15-18-12-24(31)23(30)14-22(18)29;1-14-5-7-23(30(14)18-4-2-3-15(9-18)25(31)32)19-11-17(26)6-8-24(19)33-13-16-10-22(29)21(28)12-20(16)27/h4-14H,3,15H2,1-2H3;2-12H,13H2,1H3,(H,31,32). The molecule has 0 atom stereocenters. The Hall–Kier alpha value is -5.60. The molecule has 0 bridgehead atoms. The number of hydrogen-bond acceptors (Lipinski definition) is 5. The van der Waals surface area contributed by atoms with Crippen LogP contribution < -0.4 is 9.47 Å². The summed E-state index contributed by atoms with van der Waals surface area (Å²) >= 11 is 31.1. The molecule has 6 aromatic carbocycles. The van der Waals surface area contributed by atoms with Crippen molar-refractivity contribution in [2.24, 2.45) is 0 Å². The monoisotopic (exact) mass is 1120 g/mol. The van der Waals surface area contributed by atoms with Crippen molar-refractivity contribution >= 4 is 90.2 Å². The zero-order chi connectivity index (χ0) is 48.8. The summed E-state index contributed by atoms with van der Waals surface area (Å²) < 4.78 is 50.9. The van der Waals surface area contributed by atoms with Crippen molar-refractivity contribution < 1.29 is 37.7 Å². The number of aromatic carboxylic acids is 1. The quantitative estimate of drug-likeness (QED) is 0.0913.